The lowest BCUT2D eigenvalue weighted by atomic mass is 9.96. The molecule has 0 fully saturated rings. The van der Waals surface area contributed by atoms with Crippen LogP contribution >= 0.6 is 0 Å². The van der Waals surface area contributed by atoms with Crippen molar-refractivity contribution in [1.82, 2.24) is 10.4 Å². The van der Waals surface area contributed by atoms with Gasteiger partial charge in [0.05, 0.1) is 18.6 Å². The number of nitrogens with one attached hydrogen (secondary N) is 1. The van der Waals surface area contributed by atoms with Crippen LogP contribution in [-0.2, 0) is 35.2 Å². The minimum absolute atomic E-state index is 0.0789. The van der Waals surface area contributed by atoms with Gasteiger partial charge in [-0.2, -0.15) is 5.06 Å². The van der Waals surface area contributed by atoms with E-state index in [1.807, 2.05) is 13.8 Å². The maximum Gasteiger partial charge on any atom is 0.335 e. The summed E-state index contributed by atoms with van der Waals surface area (Å²) < 4.78 is 4.98. The molecule has 0 bridgehead atoms. The molecular weight excluding hydrogens is 482 g/mol. The molecule has 0 spiro atoms. The molecule has 5 atom stereocenters. The lowest BCUT2D eigenvalue weighted by Crippen LogP contribution is -2.57. The predicted octanol–water partition coefficient (Wildman–Crippen LogP) is 1.41. The zero-order valence-corrected chi connectivity index (χ0v) is 22.1. The Morgan fingerprint density at radius 2 is 1.76 bits per heavy atom. The van der Waals surface area contributed by atoms with Crippen molar-refractivity contribution in [3.63, 3.8) is 0 Å². The Morgan fingerprint density at radius 1 is 1.11 bits per heavy atom. The lowest BCUT2D eigenvalue weighted by molar-refractivity contribution is -0.210. The Morgan fingerprint density at radius 3 is 2.32 bits per heavy atom. The van der Waals surface area contributed by atoms with E-state index in [-0.39, 0.29) is 25.4 Å². The van der Waals surface area contributed by atoms with E-state index in [0.717, 1.165) is 12.8 Å². The second-order valence-electron chi connectivity index (χ2n) is 9.18. The van der Waals surface area contributed by atoms with Gasteiger partial charge in [0, 0.05) is 20.1 Å². The number of carbonyl (C=O) groups is 4. The molecule has 37 heavy (non-hydrogen) atoms. The van der Waals surface area contributed by atoms with Gasteiger partial charge in [-0.1, -0.05) is 57.0 Å². The quantitative estimate of drug-likeness (QED) is 0.234. The molecule has 2 amide bonds. The molecule has 0 saturated carbocycles. The molecule has 0 saturated heterocycles. The molecule has 0 radical (unpaired) electrons. The minimum Gasteiger partial charge on any atom is -0.480 e. The van der Waals surface area contributed by atoms with Gasteiger partial charge in [-0.05, 0) is 31.2 Å². The Bertz CT molecular complexity index is 867. The third kappa shape index (κ3) is 11.3. The second-order valence-corrected chi connectivity index (χ2v) is 9.18. The molecular formula is C26H41N3O8. The number of amides is 2. The van der Waals surface area contributed by atoms with Crippen molar-refractivity contribution in [3.05, 3.63) is 35.9 Å². The standard InChI is InChI=1S/C26H41N3O8/c1-5-6-10-17(2)22(30)16-23(31)37-29(25(33)20(27)13-14-36-4)21(15-19-11-8-7-9-12-19)24(32)28-18(3)26(34)35/h7-9,11-12,17-18,20-22,30H,5-6,10,13-16,27H2,1-4H3,(H,28,32)(H,34,35)/t17-,18-,20-,21-,22-/m0/s1. The van der Waals surface area contributed by atoms with Crippen molar-refractivity contribution in [3.8, 4) is 0 Å². The second kappa shape index (κ2) is 16.7. The number of benzene rings is 1. The highest BCUT2D eigenvalue weighted by molar-refractivity contribution is 5.92. The van der Waals surface area contributed by atoms with Crippen LogP contribution in [0.2, 0.25) is 0 Å². The summed E-state index contributed by atoms with van der Waals surface area (Å²) in [6.07, 6.45) is 1.14. The summed E-state index contributed by atoms with van der Waals surface area (Å²) in [7, 11) is 1.44. The average Bonchev–Trinajstić information content (AvgIpc) is 2.87. The summed E-state index contributed by atoms with van der Waals surface area (Å²) in [6.45, 7) is 5.26. The summed E-state index contributed by atoms with van der Waals surface area (Å²) in [5.74, 6) is -4.06. The highest BCUT2D eigenvalue weighted by Gasteiger charge is 2.37. The Hall–Kier alpha value is -3.02. The largest absolute Gasteiger partial charge is 0.480 e. The molecule has 11 heteroatoms. The third-order valence-electron chi connectivity index (χ3n) is 6.00. The number of methoxy groups -OCH3 is 1. The molecule has 5 N–H and O–H groups in total. The molecule has 1 aromatic rings. The fraction of sp³-hybridized carbons (Fsp3) is 0.615. The first-order chi connectivity index (χ1) is 17.5. The average molecular weight is 524 g/mol. The number of carbonyl (C=O) groups excluding carboxylic acids is 3. The van der Waals surface area contributed by atoms with Gasteiger partial charge in [0.25, 0.3) is 5.91 Å². The first-order valence-corrected chi connectivity index (χ1v) is 12.5. The number of hydrogen-bond donors (Lipinski definition) is 4. The van der Waals surface area contributed by atoms with E-state index in [1.54, 1.807) is 30.3 Å². The number of aliphatic hydroxyl groups is 1. The topological polar surface area (TPSA) is 168 Å². The van der Waals surface area contributed by atoms with Crippen LogP contribution in [-0.4, -0.2) is 77.0 Å². The molecule has 0 aliphatic rings. The molecule has 0 aromatic heterocycles. The molecule has 208 valence electrons. The number of aliphatic hydroxyl groups excluding tert-OH is 1. The van der Waals surface area contributed by atoms with Crippen molar-refractivity contribution >= 4 is 23.8 Å². The molecule has 0 unspecified atom stereocenters. The molecule has 1 aromatic carbocycles. The summed E-state index contributed by atoms with van der Waals surface area (Å²) >= 11 is 0. The number of nitrogens with two attached hydrogens (primary N) is 1. The lowest BCUT2D eigenvalue weighted by Gasteiger charge is -2.32. The van der Waals surface area contributed by atoms with E-state index in [9.17, 15) is 29.4 Å². The number of aliphatic carboxylic acids is 1. The van der Waals surface area contributed by atoms with Crippen LogP contribution in [0.25, 0.3) is 0 Å². The first kappa shape index (κ1) is 32.0. The Kier molecular flexibility index (Phi) is 14.4. The van der Waals surface area contributed by atoms with E-state index >= 15 is 0 Å². The number of hydroxylamine groups is 2. The van der Waals surface area contributed by atoms with Gasteiger partial charge in [0.1, 0.15) is 6.04 Å². The Labute approximate surface area is 218 Å². The fourth-order valence-electron chi connectivity index (χ4n) is 3.52. The molecule has 0 aliphatic carbocycles. The van der Waals surface area contributed by atoms with Crippen LogP contribution in [0.3, 0.4) is 0 Å². The van der Waals surface area contributed by atoms with E-state index in [4.69, 9.17) is 15.3 Å². The van der Waals surface area contributed by atoms with Crippen molar-refractivity contribution in [2.45, 2.75) is 83.5 Å². The highest BCUT2D eigenvalue weighted by Crippen LogP contribution is 2.18. The van der Waals surface area contributed by atoms with Gasteiger partial charge in [-0.15, -0.1) is 0 Å². The minimum atomic E-state index is -1.41. The van der Waals surface area contributed by atoms with Gasteiger partial charge in [-0.25, -0.2) is 4.79 Å². The van der Waals surface area contributed by atoms with Gasteiger partial charge in [0.2, 0.25) is 5.91 Å². The monoisotopic (exact) mass is 523 g/mol. The molecule has 0 heterocycles. The summed E-state index contributed by atoms with van der Waals surface area (Å²) in [5.41, 5.74) is 6.66. The number of carboxylic acids is 1. The van der Waals surface area contributed by atoms with E-state index < -0.39 is 54.4 Å². The van der Waals surface area contributed by atoms with Crippen LogP contribution in [0.4, 0.5) is 0 Å². The zero-order chi connectivity index (χ0) is 28.0. The first-order valence-electron chi connectivity index (χ1n) is 12.5. The van der Waals surface area contributed by atoms with Crippen LogP contribution < -0.4 is 11.1 Å². The van der Waals surface area contributed by atoms with Gasteiger partial charge < -0.3 is 30.8 Å². The molecule has 11 nitrogen and oxygen atoms in total. The highest BCUT2D eigenvalue weighted by atomic mass is 16.7. The smallest absolute Gasteiger partial charge is 0.335 e. The summed E-state index contributed by atoms with van der Waals surface area (Å²) in [4.78, 5) is 56.1. The van der Waals surface area contributed by atoms with Gasteiger partial charge in [-0.3, -0.25) is 14.4 Å². The van der Waals surface area contributed by atoms with Crippen LogP contribution in [0, 0.1) is 5.92 Å². The number of ether oxygens (including phenoxy) is 1. The SMILES string of the molecule is CCCC[C@H](C)[C@@H](O)CC(=O)ON(C(=O)[C@@H](N)CCOC)[C@@H](Cc1ccccc1)C(=O)N[C@@H](C)C(=O)O. The van der Waals surface area contributed by atoms with Crippen LogP contribution in [0.15, 0.2) is 30.3 Å². The summed E-state index contributed by atoms with van der Waals surface area (Å²) in [6, 6.07) is 4.84. The number of rotatable bonds is 16. The number of carboxylic acid groups (broad SMARTS) is 1. The number of unbranched alkanes of at least 4 members (excludes halogenated alkanes) is 1. The van der Waals surface area contributed by atoms with Crippen LogP contribution in [0.1, 0.15) is 58.4 Å². The van der Waals surface area contributed by atoms with Crippen molar-refractivity contribution in [2.24, 2.45) is 11.7 Å². The summed E-state index contributed by atoms with van der Waals surface area (Å²) in [5, 5.41) is 22.7. The fourth-order valence-corrected chi connectivity index (χ4v) is 3.52. The van der Waals surface area contributed by atoms with Gasteiger partial charge in [0.15, 0.2) is 6.04 Å². The van der Waals surface area contributed by atoms with E-state index in [2.05, 4.69) is 5.32 Å². The third-order valence-corrected chi connectivity index (χ3v) is 6.00. The maximum atomic E-state index is 13.3. The van der Waals surface area contributed by atoms with Crippen LogP contribution in [0.5, 0.6) is 0 Å². The van der Waals surface area contributed by atoms with Crippen molar-refractivity contribution < 1.29 is 39.0 Å². The maximum absolute atomic E-state index is 13.3. The van der Waals surface area contributed by atoms with E-state index in [1.165, 1.54) is 14.0 Å². The molecule has 0 aliphatic heterocycles. The van der Waals surface area contributed by atoms with Crippen molar-refractivity contribution in [2.75, 3.05) is 13.7 Å². The predicted molar refractivity (Wildman–Crippen MR) is 136 cm³/mol. The number of nitrogens with zero attached hydrogens (tertiary/aromatic N) is 1. The normalized spacial score (nSPS) is 15.1. The number of hydrogen-bond acceptors (Lipinski definition) is 8. The Balaban J connectivity index is 3.28. The zero-order valence-electron chi connectivity index (χ0n) is 22.1. The molecule has 1 rings (SSSR count). The van der Waals surface area contributed by atoms with Gasteiger partial charge >= 0.3 is 11.9 Å². The van der Waals surface area contributed by atoms with E-state index in [0.29, 0.717) is 17.0 Å². The van der Waals surface area contributed by atoms with Crippen molar-refractivity contribution in [1.29, 1.82) is 0 Å².